The van der Waals surface area contributed by atoms with Gasteiger partial charge >= 0.3 is 5.97 Å². The lowest BCUT2D eigenvalue weighted by Crippen LogP contribution is -2.29. The van der Waals surface area contributed by atoms with Gasteiger partial charge in [-0.1, -0.05) is 18.6 Å². The number of benzene rings is 1. The molecule has 9 nitrogen and oxygen atoms in total. The minimum absolute atomic E-state index is 0.0356. The molecular weight excluding hydrogens is 420 g/mol. The number of aliphatic imine (C=N–C) groups is 1. The summed E-state index contributed by atoms with van der Waals surface area (Å²) in [7, 11) is -4.05. The topological polar surface area (TPSA) is 123 Å². The summed E-state index contributed by atoms with van der Waals surface area (Å²) < 4.78 is 36.9. The summed E-state index contributed by atoms with van der Waals surface area (Å²) in [5.41, 5.74) is 6.81. The van der Waals surface area contributed by atoms with Gasteiger partial charge in [0.2, 0.25) is 0 Å². The van der Waals surface area contributed by atoms with Crippen molar-refractivity contribution in [3.63, 3.8) is 0 Å². The first-order chi connectivity index (χ1) is 14.9. The Morgan fingerprint density at radius 3 is 2.77 bits per heavy atom. The highest BCUT2D eigenvalue weighted by Gasteiger charge is 2.38. The molecule has 1 saturated heterocycles. The zero-order valence-electron chi connectivity index (χ0n) is 17.8. The molecule has 0 unspecified atom stereocenters. The molecule has 0 aromatic heterocycles. The van der Waals surface area contributed by atoms with Gasteiger partial charge < -0.3 is 15.2 Å². The van der Waals surface area contributed by atoms with E-state index in [-0.39, 0.29) is 18.1 Å². The lowest BCUT2D eigenvalue weighted by atomic mass is 10.1. The summed E-state index contributed by atoms with van der Waals surface area (Å²) in [5, 5.41) is 0. The second-order valence-electron chi connectivity index (χ2n) is 7.49. The van der Waals surface area contributed by atoms with Crippen LogP contribution in [-0.4, -0.2) is 58.0 Å². The van der Waals surface area contributed by atoms with Crippen LogP contribution in [0, 0.1) is 0 Å². The zero-order valence-corrected chi connectivity index (χ0v) is 18.6. The Balaban J connectivity index is 1.49. The van der Waals surface area contributed by atoms with Crippen LogP contribution in [0.3, 0.4) is 0 Å². The van der Waals surface area contributed by atoms with Crippen LogP contribution in [0.2, 0.25) is 0 Å². The number of nitrogens with two attached hydrogens (primary N) is 1. The number of ether oxygens (including phenoxy) is 2. The first-order valence-corrected chi connectivity index (χ1v) is 12.1. The number of rotatable bonds is 9. The number of esters is 1. The van der Waals surface area contributed by atoms with Gasteiger partial charge in [-0.3, -0.25) is 14.6 Å². The maximum atomic E-state index is 12.1. The van der Waals surface area contributed by atoms with Crippen molar-refractivity contribution in [2.24, 2.45) is 10.7 Å². The molecule has 0 aliphatic carbocycles. The third kappa shape index (κ3) is 6.20. The Labute approximate surface area is 183 Å². The third-order valence-corrected chi connectivity index (χ3v) is 6.44. The van der Waals surface area contributed by atoms with Crippen LogP contribution in [-0.2, 0) is 26.1 Å². The van der Waals surface area contributed by atoms with E-state index in [1.54, 1.807) is 6.92 Å². The predicted octanol–water partition coefficient (Wildman–Crippen LogP) is 1.51. The fourth-order valence-corrected chi connectivity index (χ4v) is 4.77. The van der Waals surface area contributed by atoms with Crippen molar-refractivity contribution in [2.75, 3.05) is 32.8 Å². The second-order valence-corrected chi connectivity index (χ2v) is 9.10. The number of amidine groups is 1. The first kappa shape index (κ1) is 23.1. The Bertz CT molecular complexity index is 952. The molecule has 3 N–H and O–H groups in total. The Morgan fingerprint density at radius 1 is 1.26 bits per heavy atom. The van der Waals surface area contributed by atoms with E-state index >= 15 is 0 Å². The molecule has 2 aliphatic heterocycles. The molecule has 0 saturated carbocycles. The fourth-order valence-electron chi connectivity index (χ4n) is 3.57. The minimum atomic E-state index is -4.05. The van der Waals surface area contributed by atoms with Crippen molar-refractivity contribution in [1.29, 1.82) is 0 Å². The van der Waals surface area contributed by atoms with Gasteiger partial charge in [0.25, 0.3) is 10.0 Å². The second kappa shape index (κ2) is 10.6. The van der Waals surface area contributed by atoms with Gasteiger partial charge in [-0.2, -0.15) is 0 Å². The normalized spacial score (nSPS) is 20.0. The van der Waals surface area contributed by atoms with Gasteiger partial charge in [-0.25, -0.2) is 13.2 Å². The number of likely N-dealkylation sites (tertiary alicyclic amines) is 1. The van der Waals surface area contributed by atoms with E-state index < -0.39 is 20.9 Å². The van der Waals surface area contributed by atoms with E-state index in [0.717, 1.165) is 25.4 Å². The summed E-state index contributed by atoms with van der Waals surface area (Å²) in [4.78, 5) is 17.9. The molecule has 0 spiro atoms. The van der Waals surface area contributed by atoms with E-state index in [1.807, 2.05) is 12.1 Å². The maximum absolute atomic E-state index is 12.1. The molecule has 2 aliphatic rings. The number of hydrogen-bond acceptors (Lipinski definition) is 8. The molecule has 1 fully saturated rings. The summed E-state index contributed by atoms with van der Waals surface area (Å²) in [6.45, 7) is 5.57. The Kier molecular flexibility index (Phi) is 7.91. The van der Waals surface area contributed by atoms with E-state index in [4.69, 9.17) is 15.2 Å². The maximum Gasteiger partial charge on any atom is 0.354 e. The van der Waals surface area contributed by atoms with Gasteiger partial charge in [0.1, 0.15) is 11.4 Å². The minimum Gasteiger partial charge on any atom is -0.494 e. The highest BCUT2D eigenvalue weighted by Crippen LogP contribution is 2.19. The van der Waals surface area contributed by atoms with Crippen molar-refractivity contribution >= 4 is 21.8 Å². The van der Waals surface area contributed by atoms with Crippen LogP contribution in [0.4, 0.5) is 0 Å². The smallest absolute Gasteiger partial charge is 0.354 e. The van der Waals surface area contributed by atoms with Crippen molar-refractivity contribution in [2.45, 2.75) is 39.2 Å². The SMILES string of the molecule is CCOC(=O)C1=C(N)C(=NCCCOc2cccc(CN3CCCCC3)c2)NS1(=O)=O. The average molecular weight is 451 g/mol. The summed E-state index contributed by atoms with van der Waals surface area (Å²) in [6, 6.07) is 8.07. The van der Waals surface area contributed by atoms with Gasteiger partial charge in [0, 0.05) is 19.5 Å². The summed E-state index contributed by atoms with van der Waals surface area (Å²) in [6.07, 6.45) is 4.39. The van der Waals surface area contributed by atoms with Crippen molar-refractivity contribution in [3.8, 4) is 5.75 Å². The molecule has 0 radical (unpaired) electrons. The molecule has 0 atom stereocenters. The number of carbonyl (C=O) groups is 1. The van der Waals surface area contributed by atoms with Crippen LogP contribution in [0.25, 0.3) is 0 Å². The molecular formula is C21H30N4O5S. The highest BCUT2D eigenvalue weighted by atomic mass is 32.2. The lowest BCUT2D eigenvalue weighted by Gasteiger charge is -2.26. The number of sulfonamides is 1. The predicted molar refractivity (Wildman–Crippen MR) is 118 cm³/mol. The lowest BCUT2D eigenvalue weighted by molar-refractivity contribution is -0.137. The quantitative estimate of drug-likeness (QED) is 0.432. The van der Waals surface area contributed by atoms with Crippen molar-refractivity contribution in [3.05, 3.63) is 40.4 Å². The van der Waals surface area contributed by atoms with E-state index in [0.29, 0.717) is 19.6 Å². The van der Waals surface area contributed by atoms with Crippen molar-refractivity contribution in [1.82, 2.24) is 9.62 Å². The number of nitrogens with zero attached hydrogens (tertiary/aromatic N) is 2. The Morgan fingerprint density at radius 2 is 2.03 bits per heavy atom. The summed E-state index contributed by atoms with van der Waals surface area (Å²) in [5.74, 6) is -0.218. The third-order valence-electron chi connectivity index (χ3n) is 5.05. The number of piperidine rings is 1. The van der Waals surface area contributed by atoms with Crippen LogP contribution >= 0.6 is 0 Å². The molecule has 1 aromatic rings. The average Bonchev–Trinajstić information content (AvgIpc) is 2.97. The van der Waals surface area contributed by atoms with E-state index in [2.05, 4.69) is 26.7 Å². The molecule has 3 rings (SSSR count). The van der Waals surface area contributed by atoms with E-state index in [9.17, 15) is 13.2 Å². The molecule has 1 aromatic carbocycles. The molecule has 10 heteroatoms. The van der Waals surface area contributed by atoms with E-state index in [1.165, 1.54) is 24.8 Å². The van der Waals surface area contributed by atoms with Gasteiger partial charge in [-0.05, 0) is 50.6 Å². The Hall–Kier alpha value is -2.59. The molecule has 31 heavy (non-hydrogen) atoms. The number of nitrogens with one attached hydrogen (secondary N) is 1. The number of hydrogen-bond donors (Lipinski definition) is 2. The van der Waals surface area contributed by atoms with Gasteiger partial charge in [0.15, 0.2) is 10.7 Å². The largest absolute Gasteiger partial charge is 0.494 e. The van der Waals surface area contributed by atoms with Crippen molar-refractivity contribution < 1.29 is 22.7 Å². The standard InChI is InChI=1S/C21H30N4O5S/c1-2-29-21(26)19-18(22)20(24-31(19,27)28)23-10-7-13-30-17-9-6-8-16(14-17)15-25-11-4-3-5-12-25/h6,8-9,14H,2-5,7,10-13,15,22H2,1H3,(H,23,24). The van der Waals surface area contributed by atoms with Crippen LogP contribution in [0.1, 0.15) is 38.2 Å². The molecule has 2 heterocycles. The number of carbonyl (C=O) groups excluding carboxylic acids is 1. The molecule has 0 amide bonds. The highest BCUT2D eigenvalue weighted by molar-refractivity contribution is 7.95. The van der Waals surface area contributed by atoms with Crippen LogP contribution in [0.15, 0.2) is 39.9 Å². The monoisotopic (exact) mass is 450 g/mol. The molecule has 170 valence electrons. The fraction of sp³-hybridized carbons (Fsp3) is 0.524. The first-order valence-electron chi connectivity index (χ1n) is 10.6. The zero-order chi connectivity index (χ0) is 22.3. The van der Waals surface area contributed by atoms with Crippen LogP contribution in [0.5, 0.6) is 5.75 Å². The van der Waals surface area contributed by atoms with Gasteiger partial charge in [0.05, 0.1) is 13.2 Å². The van der Waals surface area contributed by atoms with Gasteiger partial charge in [-0.15, -0.1) is 0 Å². The molecule has 0 bridgehead atoms. The summed E-state index contributed by atoms with van der Waals surface area (Å²) >= 11 is 0. The van der Waals surface area contributed by atoms with Crippen LogP contribution < -0.4 is 15.2 Å².